The fraction of sp³-hybridized carbons (Fsp3) is 0.174. The van der Waals surface area contributed by atoms with Gasteiger partial charge in [-0.25, -0.2) is 0 Å². The van der Waals surface area contributed by atoms with Crippen LogP contribution in [0.5, 0.6) is 5.75 Å². The van der Waals surface area contributed by atoms with Crippen LogP contribution in [0.1, 0.15) is 23.6 Å². The summed E-state index contributed by atoms with van der Waals surface area (Å²) in [6.07, 6.45) is -4.78. The lowest BCUT2D eigenvalue weighted by molar-refractivity contribution is -0.138. The number of nitrogens with one attached hydrogen (secondary N) is 1. The number of ether oxygens (including phenoxy) is 1. The normalized spacial score (nSPS) is 13.0. The first-order chi connectivity index (χ1) is 15.1. The van der Waals surface area contributed by atoms with Crippen molar-refractivity contribution in [3.05, 3.63) is 71.3 Å². The third-order valence-corrected chi connectivity index (χ3v) is 4.71. The van der Waals surface area contributed by atoms with Crippen LogP contribution in [0.3, 0.4) is 0 Å². The Bertz CT molecular complexity index is 1270. The lowest BCUT2D eigenvalue weighted by Crippen LogP contribution is -2.45. The van der Waals surface area contributed by atoms with E-state index in [0.29, 0.717) is 28.2 Å². The molecule has 1 atom stereocenters. The molecule has 0 fully saturated rings. The number of nitriles is 2. The number of halogens is 3. The van der Waals surface area contributed by atoms with Gasteiger partial charge in [-0.3, -0.25) is 4.79 Å². The number of carbonyl (C=O) groups excluding carboxylic acids is 1. The van der Waals surface area contributed by atoms with Crippen molar-refractivity contribution >= 4 is 22.4 Å². The first kappa shape index (κ1) is 22.6. The van der Waals surface area contributed by atoms with Crippen LogP contribution in [0.4, 0.5) is 18.9 Å². The fourth-order valence-electron chi connectivity index (χ4n) is 3.00. The molecule has 3 aromatic rings. The molecule has 2 N–H and O–H groups in total. The zero-order chi connectivity index (χ0) is 23.5. The Morgan fingerprint density at radius 3 is 2.28 bits per heavy atom. The zero-order valence-corrected chi connectivity index (χ0v) is 16.7. The van der Waals surface area contributed by atoms with E-state index in [0.717, 1.165) is 19.1 Å². The minimum atomic E-state index is -4.78. The number of rotatable bonds is 5. The Morgan fingerprint density at radius 2 is 1.66 bits per heavy atom. The maximum absolute atomic E-state index is 13.1. The summed E-state index contributed by atoms with van der Waals surface area (Å²) in [6.45, 7) is 0.652. The topological polar surface area (TPSA) is 106 Å². The highest BCUT2D eigenvalue weighted by Gasteiger charge is 2.35. The van der Waals surface area contributed by atoms with E-state index in [4.69, 9.17) is 10.00 Å². The van der Waals surface area contributed by atoms with Gasteiger partial charge in [0.1, 0.15) is 12.4 Å². The van der Waals surface area contributed by atoms with Crippen LogP contribution in [0, 0.1) is 22.7 Å². The molecule has 32 heavy (non-hydrogen) atoms. The number of benzene rings is 3. The molecule has 0 saturated heterocycles. The minimum Gasteiger partial charge on any atom is -0.489 e. The van der Waals surface area contributed by atoms with Crippen LogP contribution >= 0.6 is 0 Å². The van der Waals surface area contributed by atoms with E-state index in [1.165, 1.54) is 12.1 Å². The van der Waals surface area contributed by atoms with Crippen LogP contribution in [0.15, 0.2) is 54.6 Å². The average molecular weight is 439 g/mol. The van der Waals surface area contributed by atoms with Gasteiger partial charge in [0.05, 0.1) is 28.8 Å². The van der Waals surface area contributed by atoms with E-state index in [1.54, 1.807) is 30.3 Å². The second-order valence-electron chi connectivity index (χ2n) is 7.16. The van der Waals surface area contributed by atoms with E-state index >= 15 is 0 Å². The maximum Gasteiger partial charge on any atom is 0.417 e. The van der Waals surface area contributed by atoms with Gasteiger partial charge in [-0.05, 0) is 37.3 Å². The number of anilines is 1. The Balaban J connectivity index is 1.79. The summed E-state index contributed by atoms with van der Waals surface area (Å²) in [6, 6.07) is 16.2. The van der Waals surface area contributed by atoms with Gasteiger partial charge in [-0.15, -0.1) is 0 Å². The van der Waals surface area contributed by atoms with E-state index in [9.17, 15) is 28.3 Å². The third-order valence-electron chi connectivity index (χ3n) is 4.71. The zero-order valence-electron chi connectivity index (χ0n) is 16.7. The monoisotopic (exact) mass is 439 g/mol. The summed E-state index contributed by atoms with van der Waals surface area (Å²) in [5, 5.41) is 32.1. The Morgan fingerprint density at radius 1 is 1.03 bits per heavy atom. The molecule has 6 nitrogen and oxygen atoms in total. The van der Waals surface area contributed by atoms with Crippen molar-refractivity contribution in [2.45, 2.75) is 18.7 Å². The third kappa shape index (κ3) is 4.64. The molecule has 9 heteroatoms. The number of alkyl halides is 3. The molecule has 0 radical (unpaired) electrons. The number of amides is 1. The summed E-state index contributed by atoms with van der Waals surface area (Å²) in [7, 11) is 0. The molecule has 3 aromatic carbocycles. The molecule has 0 spiro atoms. The number of aliphatic hydroxyl groups is 1. The quantitative estimate of drug-likeness (QED) is 0.614. The van der Waals surface area contributed by atoms with Gasteiger partial charge in [0.15, 0.2) is 5.60 Å². The molecule has 0 aliphatic carbocycles. The lowest BCUT2D eigenvalue weighted by atomic mass is 10.0. The summed E-state index contributed by atoms with van der Waals surface area (Å²) >= 11 is 0. The Hall–Kier alpha value is -4.08. The molecule has 0 unspecified atom stereocenters. The highest BCUT2D eigenvalue weighted by atomic mass is 19.4. The van der Waals surface area contributed by atoms with Gasteiger partial charge in [0, 0.05) is 16.5 Å². The molecule has 1 amide bonds. The second-order valence-corrected chi connectivity index (χ2v) is 7.16. The Kier molecular flexibility index (Phi) is 6.06. The van der Waals surface area contributed by atoms with Crippen molar-refractivity contribution in [1.82, 2.24) is 0 Å². The Labute approximate surface area is 181 Å². The van der Waals surface area contributed by atoms with Crippen LogP contribution in [-0.2, 0) is 11.0 Å². The second kappa shape index (κ2) is 8.58. The first-order valence-corrected chi connectivity index (χ1v) is 9.26. The molecular formula is C23H16F3N3O3. The van der Waals surface area contributed by atoms with Crippen molar-refractivity contribution in [2.24, 2.45) is 0 Å². The number of hydrogen-bond acceptors (Lipinski definition) is 5. The van der Waals surface area contributed by atoms with Crippen molar-refractivity contribution in [1.29, 1.82) is 10.5 Å². The predicted molar refractivity (Wildman–Crippen MR) is 110 cm³/mol. The smallest absolute Gasteiger partial charge is 0.417 e. The highest BCUT2D eigenvalue weighted by molar-refractivity contribution is 5.97. The molecule has 0 bridgehead atoms. The number of fused-ring (bicyclic) bond motifs is 1. The van der Waals surface area contributed by atoms with Crippen molar-refractivity contribution < 1.29 is 27.8 Å². The number of hydrogen-bond donors (Lipinski definition) is 2. The van der Waals surface area contributed by atoms with Gasteiger partial charge >= 0.3 is 6.18 Å². The van der Waals surface area contributed by atoms with Crippen LogP contribution in [0.25, 0.3) is 10.8 Å². The van der Waals surface area contributed by atoms with Crippen molar-refractivity contribution in [2.75, 3.05) is 11.9 Å². The summed E-state index contributed by atoms with van der Waals surface area (Å²) in [4.78, 5) is 12.5. The van der Waals surface area contributed by atoms with E-state index in [-0.39, 0.29) is 5.69 Å². The first-order valence-electron chi connectivity index (χ1n) is 9.26. The van der Waals surface area contributed by atoms with Gasteiger partial charge in [0.25, 0.3) is 5.91 Å². The summed E-state index contributed by atoms with van der Waals surface area (Å²) < 4.78 is 45.0. The standard InChI is InChI=1S/C23H16F3N3O3/c1-22(31,13-32-20-9-7-14(11-27)17-4-2-3-5-18(17)20)21(30)29-16-8-6-15(12-28)19(10-16)23(24,25)26/h2-10,31H,13H2,1H3,(H,29,30)/t22-/m0/s1. The fourth-order valence-corrected chi connectivity index (χ4v) is 3.00. The van der Waals surface area contributed by atoms with Gasteiger partial charge in [-0.2, -0.15) is 23.7 Å². The van der Waals surface area contributed by atoms with Crippen molar-refractivity contribution in [3.8, 4) is 17.9 Å². The van der Waals surface area contributed by atoms with Gasteiger partial charge in [-0.1, -0.05) is 24.3 Å². The molecule has 0 aromatic heterocycles. The maximum atomic E-state index is 13.1. The number of nitrogens with zero attached hydrogens (tertiary/aromatic N) is 2. The van der Waals surface area contributed by atoms with Gasteiger partial charge < -0.3 is 15.2 Å². The molecule has 0 aliphatic rings. The van der Waals surface area contributed by atoms with E-state index in [1.807, 2.05) is 0 Å². The van der Waals surface area contributed by atoms with Crippen LogP contribution in [0.2, 0.25) is 0 Å². The molecule has 162 valence electrons. The largest absolute Gasteiger partial charge is 0.489 e. The van der Waals surface area contributed by atoms with Gasteiger partial charge in [0.2, 0.25) is 0 Å². The van der Waals surface area contributed by atoms with E-state index < -0.39 is 35.4 Å². The summed E-state index contributed by atoms with van der Waals surface area (Å²) in [5.41, 5.74) is -3.68. The van der Waals surface area contributed by atoms with Crippen LogP contribution < -0.4 is 10.1 Å². The summed E-state index contributed by atoms with van der Waals surface area (Å²) in [5.74, 6) is -0.668. The molecule has 0 aliphatic heterocycles. The number of carbonyl (C=O) groups is 1. The van der Waals surface area contributed by atoms with E-state index in [2.05, 4.69) is 11.4 Å². The average Bonchev–Trinajstić information content (AvgIpc) is 2.76. The predicted octanol–water partition coefficient (Wildman–Crippen LogP) is 4.37. The molecule has 0 heterocycles. The van der Waals surface area contributed by atoms with Crippen molar-refractivity contribution in [3.63, 3.8) is 0 Å². The minimum absolute atomic E-state index is 0.231. The molecular weight excluding hydrogens is 423 g/mol. The molecule has 0 saturated carbocycles. The van der Waals surface area contributed by atoms with Crippen LogP contribution in [-0.4, -0.2) is 23.2 Å². The lowest BCUT2D eigenvalue weighted by Gasteiger charge is -2.23. The highest BCUT2D eigenvalue weighted by Crippen LogP contribution is 2.34. The molecule has 3 rings (SSSR count). The SMILES string of the molecule is C[C@](O)(COc1ccc(C#N)c2ccccc12)C(=O)Nc1ccc(C#N)c(C(F)(F)F)c1.